The number of hydrogen-bond acceptors (Lipinski definition) is 5. The normalized spacial score (nSPS) is 16.4. The van der Waals surface area contributed by atoms with Gasteiger partial charge in [0, 0.05) is 57.2 Å². The van der Waals surface area contributed by atoms with Crippen LogP contribution in [0.25, 0.3) is 0 Å². The molecule has 2 N–H and O–H groups in total. The van der Waals surface area contributed by atoms with Gasteiger partial charge in [0.25, 0.3) is 0 Å². The van der Waals surface area contributed by atoms with Crippen LogP contribution in [0, 0.1) is 11.8 Å². The van der Waals surface area contributed by atoms with Gasteiger partial charge in [-0.2, -0.15) is 0 Å². The van der Waals surface area contributed by atoms with E-state index in [1.165, 1.54) is 4.90 Å². The average molecular weight is 424 g/mol. The third-order valence-corrected chi connectivity index (χ3v) is 6.27. The lowest BCUT2D eigenvalue weighted by molar-refractivity contribution is 0.0203. The minimum Gasteiger partial charge on any atom is -0.496 e. The van der Waals surface area contributed by atoms with Gasteiger partial charge in [0.05, 0.1) is 7.11 Å². The van der Waals surface area contributed by atoms with E-state index in [-0.39, 0.29) is 0 Å². The molecule has 1 aliphatic heterocycles. The Morgan fingerprint density at radius 2 is 2.07 bits per heavy atom. The predicted octanol–water partition coefficient (Wildman–Crippen LogP) is 3.42. The van der Waals surface area contributed by atoms with E-state index in [9.17, 15) is 0 Å². The average Bonchev–Trinajstić information content (AvgIpc) is 2.77. The van der Waals surface area contributed by atoms with Crippen molar-refractivity contribution in [2.75, 3.05) is 59.4 Å². The second kappa shape index (κ2) is 14.5. The van der Waals surface area contributed by atoms with Crippen LogP contribution >= 0.6 is 11.8 Å². The number of para-hydroxylation sites is 1. The van der Waals surface area contributed by atoms with Crippen molar-refractivity contribution in [3.63, 3.8) is 0 Å². The number of hydrogen-bond donors (Lipinski definition) is 2. The first-order chi connectivity index (χ1) is 14.2. The molecule has 0 saturated carbocycles. The predicted molar refractivity (Wildman–Crippen MR) is 121 cm³/mol. The molecule has 1 fully saturated rings. The van der Waals surface area contributed by atoms with E-state index in [2.05, 4.69) is 28.6 Å². The third-order valence-electron chi connectivity index (χ3n) is 4.89. The van der Waals surface area contributed by atoms with Gasteiger partial charge in [-0.05, 0) is 43.2 Å². The van der Waals surface area contributed by atoms with Crippen molar-refractivity contribution >= 4 is 17.7 Å². The quantitative estimate of drug-likeness (QED) is 0.232. The van der Waals surface area contributed by atoms with Crippen molar-refractivity contribution in [2.45, 2.75) is 31.1 Å². The van der Waals surface area contributed by atoms with Gasteiger partial charge in [-0.1, -0.05) is 19.1 Å². The summed E-state index contributed by atoms with van der Waals surface area (Å²) < 4.78 is 16.6. The molecule has 2 rings (SSSR count). The van der Waals surface area contributed by atoms with E-state index >= 15 is 0 Å². The molecule has 0 spiro atoms. The standard InChI is InChI=1S/C22H37N3O3S/c1-18(17-29-21-8-5-4-7-20(21)26-3)15-25-22(23-2)24-11-6-12-28-16-19-9-13-27-14-10-19/h4-5,7-8,18-19H,6,9-17H2,1-3H3,(H2,23,24,25). The molecule has 164 valence electrons. The summed E-state index contributed by atoms with van der Waals surface area (Å²) in [7, 11) is 3.53. The molecule has 29 heavy (non-hydrogen) atoms. The van der Waals surface area contributed by atoms with Crippen LogP contribution < -0.4 is 15.4 Å². The lowest BCUT2D eigenvalue weighted by Gasteiger charge is -2.21. The first-order valence-corrected chi connectivity index (χ1v) is 11.6. The van der Waals surface area contributed by atoms with E-state index in [1.54, 1.807) is 7.11 Å². The van der Waals surface area contributed by atoms with E-state index in [4.69, 9.17) is 14.2 Å². The Bertz CT molecular complexity index is 594. The maximum atomic E-state index is 5.81. The lowest BCUT2D eigenvalue weighted by atomic mass is 10.0. The van der Waals surface area contributed by atoms with E-state index in [0.717, 1.165) is 76.2 Å². The van der Waals surface area contributed by atoms with Crippen LogP contribution in [0.4, 0.5) is 0 Å². The number of nitrogens with one attached hydrogen (secondary N) is 2. The fourth-order valence-electron chi connectivity index (χ4n) is 3.06. The summed E-state index contributed by atoms with van der Waals surface area (Å²) in [5.74, 6) is 3.98. The van der Waals surface area contributed by atoms with E-state index in [1.807, 2.05) is 37.0 Å². The van der Waals surface area contributed by atoms with E-state index < -0.39 is 0 Å². The summed E-state index contributed by atoms with van der Waals surface area (Å²) >= 11 is 1.83. The maximum Gasteiger partial charge on any atom is 0.190 e. The van der Waals surface area contributed by atoms with Crippen molar-refractivity contribution in [3.8, 4) is 5.75 Å². The number of ether oxygens (including phenoxy) is 3. The van der Waals surface area contributed by atoms with Crippen molar-refractivity contribution in [1.82, 2.24) is 10.6 Å². The molecule has 0 radical (unpaired) electrons. The third kappa shape index (κ3) is 9.74. The summed E-state index contributed by atoms with van der Waals surface area (Å²) in [6.07, 6.45) is 3.23. The molecular formula is C22H37N3O3S. The highest BCUT2D eigenvalue weighted by Crippen LogP contribution is 2.29. The summed E-state index contributed by atoms with van der Waals surface area (Å²) in [5, 5.41) is 6.78. The van der Waals surface area contributed by atoms with Crippen LogP contribution in [0.5, 0.6) is 5.75 Å². The van der Waals surface area contributed by atoms with Gasteiger partial charge >= 0.3 is 0 Å². The molecular weight excluding hydrogens is 386 g/mol. The number of thioether (sulfide) groups is 1. The van der Waals surface area contributed by atoms with Crippen LogP contribution in [0.2, 0.25) is 0 Å². The number of nitrogens with zero attached hydrogens (tertiary/aromatic N) is 1. The molecule has 0 aliphatic carbocycles. The van der Waals surface area contributed by atoms with Gasteiger partial charge in [-0.25, -0.2) is 0 Å². The maximum absolute atomic E-state index is 5.81. The summed E-state index contributed by atoms with van der Waals surface area (Å²) in [6, 6.07) is 8.16. The largest absolute Gasteiger partial charge is 0.496 e. The lowest BCUT2D eigenvalue weighted by Crippen LogP contribution is -2.40. The molecule has 1 aromatic carbocycles. The van der Waals surface area contributed by atoms with Crippen molar-refractivity contribution < 1.29 is 14.2 Å². The van der Waals surface area contributed by atoms with Gasteiger partial charge in [-0.3, -0.25) is 4.99 Å². The first kappa shape index (κ1) is 23.8. The Morgan fingerprint density at radius 1 is 1.28 bits per heavy atom. The molecule has 0 aromatic heterocycles. The first-order valence-electron chi connectivity index (χ1n) is 10.6. The number of benzene rings is 1. The highest BCUT2D eigenvalue weighted by molar-refractivity contribution is 7.99. The molecule has 0 amide bonds. The highest BCUT2D eigenvalue weighted by Gasteiger charge is 2.13. The molecule has 1 saturated heterocycles. The fourth-order valence-corrected chi connectivity index (χ4v) is 4.11. The van der Waals surface area contributed by atoms with Gasteiger partial charge in [-0.15, -0.1) is 11.8 Å². The summed E-state index contributed by atoms with van der Waals surface area (Å²) in [6.45, 7) is 7.39. The second-order valence-corrected chi connectivity index (χ2v) is 8.49. The minimum absolute atomic E-state index is 0.506. The van der Waals surface area contributed by atoms with E-state index in [0.29, 0.717) is 11.8 Å². The molecule has 0 bridgehead atoms. The number of aliphatic imine (C=N–C) groups is 1. The fraction of sp³-hybridized carbons (Fsp3) is 0.682. The van der Waals surface area contributed by atoms with Crippen molar-refractivity contribution in [3.05, 3.63) is 24.3 Å². The molecule has 1 atom stereocenters. The van der Waals surface area contributed by atoms with Crippen LogP contribution in [-0.4, -0.2) is 65.4 Å². The summed E-state index contributed by atoms with van der Waals surface area (Å²) in [4.78, 5) is 5.50. The molecule has 1 heterocycles. The molecule has 6 nitrogen and oxygen atoms in total. The van der Waals surface area contributed by atoms with Crippen LogP contribution in [0.15, 0.2) is 34.2 Å². The van der Waals surface area contributed by atoms with Crippen molar-refractivity contribution in [1.29, 1.82) is 0 Å². The zero-order valence-corrected chi connectivity index (χ0v) is 18.9. The SMILES string of the molecule is CN=C(NCCCOCC1CCOCC1)NCC(C)CSc1ccccc1OC. The van der Waals surface area contributed by atoms with Crippen LogP contribution in [0.3, 0.4) is 0 Å². The Balaban J connectivity index is 1.53. The Morgan fingerprint density at radius 3 is 2.83 bits per heavy atom. The number of rotatable bonds is 12. The topological polar surface area (TPSA) is 64.1 Å². The van der Waals surface area contributed by atoms with Crippen LogP contribution in [0.1, 0.15) is 26.2 Å². The van der Waals surface area contributed by atoms with Gasteiger partial charge in [0.2, 0.25) is 0 Å². The monoisotopic (exact) mass is 423 g/mol. The Hall–Kier alpha value is -1.44. The number of methoxy groups -OCH3 is 1. The smallest absolute Gasteiger partial charge is 0.190 e. The molecule has 1 aliphatic rings. The molecule has 7 heteroatoms. The minimum atomic E-state index is 0.506. The van der Waals surface area contributed by atoms with Gasteiger partial charge in [0.1, 0.15) is 5.75 Å². The summed E-state index contributed by atoms with van der Waals surface area (Å²) in [5.41, 5.74) is 0. The Labute approximate surface area is 180 Å². The zero-order valence-electron chi connectivity index (χ0n) is 18.1. The van der Waals surface area contributed by atoms with Gasteiger partial charge < -0.3 is 24.8 Å². The second-order valence-electron chi connectivity index (χ2n) is 7.43. The Kier molecular flexibility index (Phi) is 11.9. The molecule has 1 unspecified atom stereocenters. The highest BCUT2D eigenvalue weighted by atomic mass is 32.2. The molecule has 1 aromatic rings. The van der Waals surface area contributed by atoms with Gasteiger partial charge in [0.15, 0.2) is 5.96 Å². The van der Waals surface area contributed by atoms with Crippen LogP contribution in [-0.2, 0) is 9.47 Å². The number of guanidine groups is 1. The van der Waals surface area contributed by atoms with Crippen molar-refractivity contribution in [2.24, 2.45) is 16.8 Å². The zero-order chi connectivity index (χ0) is 20.7.